The van der Waals surface area contributed by atoms with Crippen LogP contribution in [0.4, 0.5) is 0 Å². The minimum Gasteiger partial charge on any atom is -0.466 e. The van der Waals surface area contributed by atoms with Crippen molar-refractivity contribution >= 4 is 45.5 Å². The Morgan fingerprint density at radius 2 is 2.06 bits per heavy atom. The number of alkyl halides is 1. The predicted octanol–water partition coefficient (Wildman–Crippen LogP) is 3.23. The van der Waals surface area contributed by atoms with Crippen LogP contribution >= 0.6 is 27.7 Å². The Bertz CT molecular complexity index is 831. The van der Waals surface area contributed by atoms with Crippen LogP contribution in [0.15, 0.2) is 12.7 Å². The highest BCUT2D eigenvalue weighted by molar-refractivity contribution is 9.09. The number of thioether (sulfide) groups is 1. The largest absolute Gasteiger partial charge is 0.466 e. The summed E-state index contributed by atoms with van der Waals surface area (Å²) >= 11 is 5.35. The third-order valence-corrected chi connectivity index (χ3v) is 10.5. The normalized spacial score (nSPS) is 33.3. The Morgan fingerprint density at radius 3 is 2.56 bits per heavy atom. The molecule has 0 radical (unpaired) electrons. The molecule has 7 nitrogen and oxygen atoms in total. The molecule has 7 atom stereocenters. The van der Waals surface area contributed by atoms with Gasteiger partial charge in [0.25, 0.3) is 0 Å². The molecule has 0 saturated carbocycles. The zero-order chi connectivity index (χ0) is 25.6. The lowest BCUT2D eigenvalue weighted by atomic mass is 9.71. The maximum absolute atomic E-state index is 14.3. The minimum atomic E-state index is -0.769. The lowest BCUT2D eigenvalue weighted by molar-refractivity contribution is -0.154. The van der Waals surface area contributed by atoms with Crippen LogP contribution in [0, 0.1) is 17.8 Å². The highest BCUT2D eigenvalue weighted by Crippen LogP contribution is 2.68. The third kappa shape index (κ3) is 4.45. The van der Waals surface area contributed by atoms with Gasteiger partial charge in [0.05, 0.1) is 35.8 Å². The first-order valence-electron chi connectivity index (χ1n) is 12.2. The number of aliphatic hydroxyl groups excluding tert-OH is 1. The van der Waals surface area contributed by atoms with E-state index in [1.807, 2.05) is 34.6 Å². The van der Waals surface area contributed by atoms with E-state index in [4.69, 9.17) is 4.74 Å². The van der Waals surface area contributed by atoms with Crippen molar-refractivity contribution < 1.29 is 24.2 Å². The number of esters is 1. The number of carbonyl (C=O) groups excluding carboxylic acids is 3. The number of amides is 2. The molecule has 2 bridgehead atoms. The maximum atomic E-state index is 14.3. The summed E-state index contributed by atoms with van der Waals surface area (Å²) in [5, 5.41) is 10.2. The smallest absolute Gasteiger partial charge is 0.310 e. The van der Waals surface area contributed by atoms with Gasteiger partial charge in [0.15, 0.2) is 0 Å². The monoisotopic (exact) mass is 558 g/mol. The second-order valence-corrected chi connectivity index (χ2v) is 13.8. The van der Waals surface area contributed by atoms with E-state index >= 15 is 0 Å². The molecular formula is C25H39BrN2O5S. The first-order valence-corrected chi connectivity index (χ1v) is 14.0. The Morgan fingerprint density at radius 1 is 1.41 bits per heavy atom. The van der Waals surface area contributed by atoms with Crippen molar-refractivity contribution in [1.82, 2.24) is 9.80 Å². The SMILES string of the molecule is C=CCN(C(=O)C1N([C@@H](CO)CC(C)C)C(=O)[C@@H]2[C@@H](C(=O)OCC)[C@@H]3SC12CC3Br)C(C)(C)C. The van der Waals surface area contributed by atoms with Crippen LogP contribution in [0.25, 0.3) is 0 Å². The van der Waals surface area contributed by atoms with Crippen molar-refractivity contribution in [2.45, 2.75) is 86.8 Å². The van der Waals surface area contributed by atoms with Crippen LogP contribution in [0.1, 0.15) is 54.4 Å². The molecule has 3 aliphatic heterocycles. The first-order chi connectivity index (χ1) is 15.8. The standard InChI is InChI=1S/C25H39BrN2O5S/c1-8-10-27(24(5,6)7)22(31)20-25-12-16(26)19(34-25)17(23(32)33-9-2)18(25)21(30)28(20)15(13-29)11-14(3)4/h8,14-20,29H,1,9-13H2,2-7H3/t15-,16?,17-,18+,19-,20?,25?/m1/s1. The van der Waals surface area contributed by atoms with Gasteiger partial charge in [-0.05, 0) is 46.5 Å². The molecule has 0 aliphatic carbocycles. The van der Waals surface area contributed by atoms with Gasteiger partial charge in [0.2, 0.25) is 11.8 Å². The molecule has 3 rings (SSSR count). The molecule has 3 heterocycles. The molecule has 3 saturated heterocycles. The molecule has 9 heteroatoms. The molecule has 0 aromatic carbocycles. The summed E-state index contributed by atoms with van der Waals surface area (Å²) in [4.78, 5) is 44.9. The molecule has 1 N–H and O–H groups in total. The Kier molecular flexibility index (Phi) is 8.20. The van der Waals surface area contributed by atoms with E-state index in [9.17, 15) is 19.5 Å². The number of rotatable bonds is 9. The summed E-state index contributed by atoms with van der Waals surface area (Å²) in [7, 11) is 0. The van der Waals surface area contributed by atoms with Crippen molar-refractivity contribution in [1.29, 1.82) is 0 Å². The number of hydrogen-bond acceptors (Lipinski definition) is 6. The fourth-order valence-corrected chi connectivity index (χ4v) is 9.62. The zero-order valence-electron chi connectivity index (χ0n) is 21.1. The summed E-state index contributed by atoms with van der Waals surface area (Å²) in [5.41, 5.74) is -0.489. The average molecular weight is 560 g/mol. The summed E-state index contributed by atoms with van der Waals surface area (Å²) in [6.07, 6.45) is 2.88. The number of halogens is 1. The Hall–Kier alpha value is -1.06. The molecule has 34 heavy (non-hydrogen) atoms. The van der Waals surface area contributed by atoms with Crippen LogP contribution in [-0.4, -0.2) is 84.9 Å². The number of fused-ring (bicyclic) bond motifs is 1. The second-order valence-electron chi connectivity index (χ2n) is 11.0. The lowest BCUT2D eigenvalue weighted by Gasteiger charge is -2.44. The molecule has 0 aromatic heterocycles. The van der Waals surface area contributed by atoms with Crippen LogP contribution in [0.5, 0.6) is 0 Å². The molecule has 3 aliphatic rings. The number of aliphatic hydroxyl groups is 1. The Balaban J connectivity index is 2.16. The fourth-order valence-electron chi connectivity index (χ4n) is 6.04. The number of nitrogens with zero attached hydrogens (tertiary/aromatic N) is 2. The van der Waals surface area contributed by atoms with Crippen molar-refractivity contribution in [3.8, 4) is 0 Å². The van der Waals surface area contributed by atoms with Gasteiger partial charge in [-0.1, -0.05) is 35.9 Å². The van der Waals surface area contributed by atoms with E-state index in [1.165, 1.54) is 0 Å². The van der Waals surface area contributed by atoms with Gasteiger partial charge in [0.1, 0.15) is 6.04 Å². The minimum absolute atomic E-state index is 0.00799. The van der Waals surface area contributed by atoms with E-state index in [0.29, 0.717) is 19.4 Å². The highest BCUT2D eigenvalue weighted by atomic mass is 79.9. The van der Waals surface area contributed by atoms with Crippen molar-refractivity contribution in [2.75, 3.05) is 19.8 Å². The average Bonchev–Trinajstić information content (AvgIpc) is 3.32. The summed E-state index contributed by atoms with van der Waals surface area (Å²) < 4.78 is 4.65. The van der Waals surface area contributed by atoms with Crippen molar-refractivity contribution in [2.24, 2.45) is 17.8 Å². The molecule has 192 valence electrons. The van der Waals surface area contributed by atoms with Crippen LogP contribution < -0.4 is 0 Å². The van der Waals surface area contributed by atoms with Gasteiger partial charge in [-0.15, -0.1) is 18.3 Å². The summed E-state index contributed by atoms with van der Waals surface area (Å²) in [6.45, 7) is 15.9. The summed E-state index contributed by atoms with van der Waals surface area (Å²) in [5.74, 6) is -1.77. The van der Waals surface area contributed by atoms with E-state index in [1.54, 1.807) is 34.6 Å². The molecule has 0 aromatic rings. The van der Waals surface area contributed by atoms with Gasteiger partial charge in [0, 0.05) is 22.2 Å². The van der Waals surface area contributed by atoms with Crippen LogP contribution in [-0.2, 0) is 19.1 Å². The number of ether oxygens (including phenoxy) is 1. The molecule has 3 fully saturated rings. The summed E-state index contributed by atoms with van der Waals surface area (Å²) in [6, 6.07) is -1.27. The van der Waals surface area contributed by atoms with Crippen LogP contribution in [0.2, 0.25) is 0 Å². The molecule has 1 spiro atoms. The van der Waals surface area contributed by atoms with Crippen molar-refractivity contribution in [3.05, 3.63) is 12.7 Å². The maximum Gasteiger partial charge on any atom is 0.310 e. The van der Waals surface area contributed by atoms with E-state index in [0.717, 1.165) is 0 Å². The van der Waals surface area contributed by atoms with E-state index in [2.05, 4.69) is 22.5 Å². The topological polar surface area (TPSA) is 87.2 Å². The van der Waals surface area contributed by atoms with Gasteiger partial charge in [-0.2, -0.15) is 0 Å². The second kappa shape index (κ2) is 10.1. The van der Waals surface area contributed by atoms with Gasteiger partial charge in [-0.3, -0.25) is 14.4 Å². The van der Waals surface area contributed by atoms with Gasteiger partial charge >= 0.3 is 5.97 Å². The number of carbonyl (C=O) groups is 3. The first kappa shape index (κ1) is 27.5. The van der Waals surface area contributed by atoms with Crippen molar-refractivity contribution in [3.63, 3.8) is 0 Å². The predicted molar refractivity (Wildman–Crippen MR) is 138 cm³/mol. The lowest BCUT2D eigenvalue weighted by Crippen LogP contribution is -2.61. The highest BCUT2D eigenvalue weighted by Gasteiger charge is 2.76. The number of likely N-dealkylation sites (tertiary alicyclic amines) is 1. The van der Waals surface area contributed by atoms with Gasteiger partial charge in [-0.25, -0.2) is 0 Å². The third-order valence-electron chi connectivity index (χ3n) is 7.25. The zero-order valence-corrected chi connectivity index (χ0v) is 23.5. The van der Waals surface area contributed by atoms with Crippen LogP contribution in [0.3, 0.4) is 0 Å². The Labute approximate surface area is 216 Å². The molecular weight excluding hydrogens is 520 g/mol. The van der Waals surface area contributed by atoms with E-state index in [-0.39, 0.29) is 47.0 Å². The molecule has 2 amide bonds. The fraction of sp³-hybridized carbons (Fsp3) is 0.800. The van der Waals surface area contributed by atoms with Gasteiger partial charge < -0.3 is 19.6 Å². The van der Waals surface area contributed by atoms with E-state index < -0.39 is 34.2 Å². The molecule has 3 unspecified atom stereocenters. The number of hydrogen-bond donors (Lipinski definition) is 1. The quantitative estimate of drug-likeness (QED) is 0.265.